The molecule has 4 rings (SSSR count). The summed E-state index contributed by atoms with van der Waals surface area (Å²) < 4.78 is 0. The average Bonchev–Trinajstić information content (AvgIpc) is 2.81. The lowest BCUT2D eigenvalue weighted by molar-refractivity contribution is -0.144. The Kier molecular flexibility index (Phi) is 6.97. The number of carboxylic acid groups (broad SMARTS) is 1. The van der Waals surface area contributed by atoms with Gasteiger partial charge in [-0.25, -0.2) is 0 Å². The van der Waals surface area contributed by atoms with Gasteiger partial charge in [0, 0.05) is 56.2 Å². The van der Waals surface area contributed by atoms with E-state index in [2.05, 4.69) is 5.32 Å². The smallest absolute Gasteiger partial charge is 0.303 e. The van der Waals surface area contributed by atoms with Gasteiger partial charge in [-0.05, 0) is 43.4 Å². The van der Waals surface area contributed by atoms with Crippen LogP contribution in [0.15, 0.2) is 28.7 Å². The molecule has 38 heavy (non-hydrogen) atoms. The molecule has 0 fully saturated rings. The van der Waals surface area contributed by atoms with E-state index < -0.39 is 58.0 Å². The molecule has 0 saturated carbocycles. The molecule has 1 aromatic carbocycles. The number of hydrogen-bond acceptors (Lipinski definition) is 10. The number of primary amides is 1. The summed E-state index contributed by atoms with van der Waals surface area (Å²) in [6.45, 7) is 0.499. The van der Waals surface area contributed by atoms with Crippen molar-refractivity contribution in [1.29, 1.82) is 0 Å². The number of aliphatic hydroxyl groups is 3. The molecule has 0 heterocycles. The Labute approximate surface area is 218 Å². The fraction of sp³-hybridized carbons (Fsp3) is 0.462. The number of carbonyl (C=O) groups excluding carboxylic acids is 3. The first-order valence-electron chi connectivity index (χ1n) is 12.3. The van der Waals surface area contributed by atoms with Crippen LogP contribution >= 0.6 is 0 Å². The number of allylic oxidation sites excluding steroid dienone is 2. The maximum Gasteiger partial charge on any atom is 0.303 e. The molecule has 0 radical (unpaired) electrons. The zero-order valence-electron chi connectivity index (χ0n) is 21.1. The number of phenols is 1. The van der Waals surface area contributed by atoms with Gasteiger partial charge < -0.3 is 41.5 Å². The van der Waals surface area contributed by atoms with Crippen LogP contribution in [0.1, 0.15) is 47.2 Å². The van der Waals surface area contributed by atoms with Crippen LogP contribution in [-0.2, 0) is 27.3 Å². The molecule has 12 nitrogen and oxygen atoms in total. The van der Waals surface area contributed by atoms with Crippen molar-refractivity contribution in [2.24, 2.45) is 17.6 Å². The number of carbonyl (C=O) groups is 4. The third kappa shape index (κ3) is 4.19. The van der Waals surface area contributed by atoms with E-state index in [4.69, 9.17) is 10.8 Å². The number of aliphatic carboxylic acids is 1. The minimum atomic E-state index is -2.61. The van der Waals surface area contributed by atoms with Crippen LogP contribution in [-0.4, -0.2) is 75.2 Å². The molecule has 0 aliphatic heterocycles. The molecule has 0 bridgehead atoms. The maximum absolute atomic E-state index is 13.8. The second-order valence-electron chi connectivity index (χ2n) is 10.2. The Morgan fingerprint density at radius 3 is 2.47 bits per heavy atom. The van der Waals surface area contributed by atoms with Crippen LogP contribution in [0.4, 0.5) is 5.69 Å². The summed E-state index contributed by atoms with van der Waals surface area (Å²) in [4.78, 5) is 51.2. The van der Waals surface area contributed by atoms with Crippen LogP contribution < -0.4 is 16.0 Å². The number of rotatable bonds is 8. The summed E-state index contributed by atoms with van der Waals surface area (Å²) in [6.07, 6.45) is 0.333. The van der Waals surface area contributed by atoms with Gasteiger partial charge in [0.05, 0.1) is 5.56 Å². The molecular formula is C26H31N3O9. The van der Waals surface area contributed by atoms with Gasteiger partial charge in [-0.2, -0.15) is 0 Å². The number of fused-ring (bicyclic) bond motifs is 3. The number of aromatic hydroxyl groups is 1. The van der Waals surface area contributed by atoms with Gasteiger partial charge in [0.2, 0.25) is 5.78 Å². The molecule has 1 amide bonds. The van der Waals surface area contributed by atoms with Crippen LogP contribution in [0, 0.1) is 11.8 Å². The molecule has 0 spiro atoms. The monoisotopic (exact) mass is 529 g/mol. The Hall–Kier alpha value is -3.90. The molecule has 12 heteroatoms. The van der Waals surface area contributed by atoms with E-state index in [1.807, 2.05) is 0 Å². The number of Topliss-reactive ketones (excluding diaryl/α,β-unsaturated/α-hetero) is 2. The van der Waals surface area contributed by atoms with E-state index >= 15 is 0 Å². The lowest BCUT2D eigenvalue weighted by Crippen LogP contribution is -2.57. The molecule has 0 saturated heterocycles. The van der Waals surface area contributed by atoms with E-state index in [0.717, 1.165) is 0 Å². The van der Waals surface area contributed by atoms with Crippen LogP contribution in [0.3, 0.4) is 0 Å². The highest BCUT2D eigenvalue weighted by Gasteiger charge is 2.59. The number of ketones is 2. The van der Waals surface area contributed by atoms with E-state index in [9.17, 15) is 39.6 Å². The first-order valence-corrected chi connectivity index (χ1v) is 12.3. The third-order valence-electron chi connectivity index (χ3n) is 7.66. The first-order chi connectivity index (χ1) is 17.8. The van der Waals surface area contributed by atoms with Crippen LogP contribution in [0.25, 0.3) is 0 Å². The van der Waals surface area contributed by atoms with Gasteiger partial charge in [-0.3, -0.25) is 19.2 Å². The van der Waals surface area contributed by atoms with E-state index in [1.165, 1.54) is 0 Å². The third-order valence-corrected chi connectivity index (χ3v) is 7.66. The van der Waals surface area contributed by atoms with Crippen molar-refractivity contribution in [3.05, 3.63) is 45.4 Å². The summed E-state index contributed by atoms with van der Waals surface area (Å²) in [5.74, 6) is -7.59. The molecular weight excluding hydrogens is 498 g/mol. The summed E-state index contributed by atoms with van der Waals surface area (Å²) in [6, 6.07) is 1.73. The van der Waals surface area contributed by atoms with Gasteiger partial charge in [0.25, 0.3) is 5.91 Å². The number of nitrogens with zero attached hydrogens (tertiary/aromatic N) is 1. The van der Waals surface area contributed by atoms with E-state index in [1.54, 1.807) is 25.1 Å². The minimum Gasteiger partial charge on any atom is -0.511 e. The molecule has 1 aromatic rings. The highest BCUT2D eigenvalue weighted by atomic mass is 16.4. The maximum atomic E-state index is 13.8. The largest absolute Gasteiger partial charge is 0.511 e. The topological polar surface area (TPSA) is 211 Å². The van der Waals surface area contributed by atoms with Crippen molar-refractivity contribution in [3.8, 4) is 5.75 Å². The Balaban J connectivity index is 1.77. The van der Waals surface area contributed by atoms with E-state index in [0.29, 0.717) is 29.8 Å². The van der Waals surface area contributed by atoms with Crippen LogP contribution in [0.5, 0.6) is 5.75 Å². The number of carboxylic acids is 1. The fourth-order valence-corrected chi connectivity index (χ4v) is 5.84. The number of nitrogens with two attached hydrogens (primary N) is 1. The number of benzene rings is 1. The summed E-state index contributed by atoms with van der Waals surface area (Å²) in [7, 11) is 3.55. The molecule has 8 N–H and O–H groups in total. The van der Waals surface area contributed by atoms with Gasteiger partial charge in [0.1, 0.15) is 22.8 Å². The normalized spacial score (nSPS) is 24.6. The van der Waals surface area contributed by atoms with Crippen LogP contribution in [0.2, 0.25) is 0 Å². The molecule has 3 aliphatic rings. The second kappa shape index (κ2) is 9.76. The Bertz CT molecular complexity index is 1310. The van der Waals surface area contributed by atoms with Crippen molar-refractivity contribution in [2.75, 3.05) is 25.5 Å². The summed E-state index contributed by atoms with van der Waals surface area (Å²) >= 11 is 0. The minimum absolute atomic E-state index is 0.0214. The quantitative estimate of drug-likeness (QED) is 0.183. The average molecular weight is 530 g/mol. The van der Waals surface area contributed by atoms with Crippen molar-refractivity contribution in [2.45, 2.75) is 44.2 Å². The number of amides is 1. The second-order valence-corrected chi connectivity index (χ2v) is 10.2. The standard InChI is InChI=1S/C26H31N3O9/c1-29(2)15-8-12(10-28-5-3-4-17(31)32)21(33)19-14(15)7-11-6-13-9-16(30)20(25(27)37)24(36)26(13,38)23(35)18(11)22(19)34/h8,11,13,28,30,33,35,38H,3-7,9-10H2,1-2H3,(H2,27,37)(H,31,32)/t11-,13?,26+/m1/s1. The Morgan fingerprint density at radius 1 is 1.18 bits per heavy atom. The molecule has 3 atom stereocenters. The highest BCUT2D eigenvalue weighted by Crippen LogP contribution is 2.52. The lowest BCUT2D eigenvalue weighted by atomic mass is 9.60. The number of hydrogen-bond donors (Lipinski definition) is 7. The zero-order chi connectivity index (χ0) is 28.1. The number of anilines is 1. The van der Waals surface area contributed by atoms with Crippen molar-refractivity contribution in [1.82, 2.24) is 5.32 Å². The summed E-state index contributed by atoms with van der Waals surface area (Å²) in [5, 5.41) is 55.8. The zero-order valence-corrected chi connectivity index (χ0v) is 21.1. The van der Waals surface area contributed by atoms with Crippen molar-refractivity contribution in [3.63, 3.8) is 0 Å². The SMILES string of the molecule is CN(C)c1cc(CNCCCC(=O)O)c(O)c2c1C[C@H]1CC3CC(O)=C(C(N)=O)C(=O)[C@@]3(O)C(O)=C1C2=O. The number of nitrogens with one attached hydrogen (secondary N) is 1. The lowest BCUT2D eigenvalue weighted by Gasteiger charge is -2.46. The Morgan fingerprint density at radius 2 is 1.87 bits per heavy atom. The first kappa shape index (κ1) is 27.1. The van der Waals surface area contributed by atoms with Gasteiger partial charge in [0.15, 0.2) is 11.4 Å². The van der Waals surface area contributed by atoms with Crippen molar-refractivity contribution < 1.29 is 44.7 Å². The predicted octanol–water partition coefficient (Wildman–Crippen LogP) is 0.601. The fourth-order valence-electron chi connectivity index (χ4n) is 5.84. The molecule has 204 valence electrons. The van der Waals surface area contributed by atoms with Gasteiger partial charge in [-0.15, -0.1) is 0 Å². The van der Waals surface area contributed by atoms with Gasteiger partial charge >= 0.3 is 5.97 Å². The summed E-state index contributed by atoms with van der Waals surface area (Å²) in [5.41, 5.74) is 3.09. The highest BCUT2D eigenvalue weighted by molar-refractivity contribution is 6.24. The van der Waals surface area contributed by atoms with Crippen molar-refractivity contribution >= 4 is 29.1 Å². The molecule has 1 unspecified atom stereocenters. The molecule has 0 aromatic heterocycles. The van der Waals surface area contributed by atoms with E-state index in [-0.39, 0.29) is 49.1 Å². The number of phenolic OH excluding ortho intramolecular Hbond substituents is 1. The van der Waals surface area contributed by atoms with Gasteiger partial charge in [-0.1, -0.05) is 0 Å². The number of aliphatic hydroxyl groups excluding tert-OH is 2. The molecule has 3 aliphatic carbocycles. The predicted molar refractivity (Wildman–Crippen MR) is 134 cm³/mol.